The van der Waals surface area contributed by atoms with Gasteiger partial charge in [-0.1, -0.05) is 72.8 Å². The minimum absolute atomic E-state index is 0.689. The van der Waals surface area contributed by atoms with Crippen molar-refractivity contribution in [3.8, 4) is 11.3 Å². The summed E-state index contributed by atoms with van der Waals surface area (Å²) in [6, 6.07) is 17.8. The molecule has 8 heteroatoms. The monoisotopic (exact) mass is 463 g/mol. The summed E-state index contributed by atoms with van der Waals surface area (Å²) in [5.41, 5.74) is 3.07. The van der Waals surface area contributed by atoms with Crippen molar-refractivity contribution in [2.24, 2.45) is 0 Å². The van der Waals surface area contributed by atoms with Gasteiger partial charge in [-0.2, -0.15) is 0 Å². The van der Waals surface area contributed by atoms with Crippen LogP contribution < -0.4 is 10.3 Å². The summed E-state index contributed by atoms with van der Waals surface area (Å²) in [6.45, 7) is 6.60. The lowest BCUT2D eigenvalue weighted by Crippen LogP contribution is -2.76. The van der Waals surface area contributed by atoms with Gasteiger partial charge in [-0.15, -0.1) is 0 Å². The Morgan fingerprint density at radius 2 is 1.78 bits per heavy atom. The molecule has 0 aliphatic carbocycles. The summed E-state index contributed by atoms with van der Waals surface area (Å²) in [5, 5.41) is 2.67. The molecule has 3 aromatic rings. The number of rotatable bonds is 6. The number of benzene rings is 2. The second kappa shape index (κ2) is 12.1. The van der Waals surface area contributed by atoms with Crippen LogP contribution in [0.4, 0.5) is 17.3 Å². The van der Waals surface area contributed by atoms with Gasteiger partial charge in [0.15, 0.2) is 0 Å². The topological polar surface area (TPSA) is 27.1 Å². The zero-order chi connectivity index (χ0) is 23.6. The van der Waals surface area contributed by atoms with Crippen molar-refractivity contribution in [2.45, 2.75) is 13.3 Å². The van der Waals surface area contributed by atoms with Crippen LogP contribution in [0.3, 0.4) is 0 Å². The Morgan fingerprint density at radius 3 is 2.41 bits per heavy atom. The lowest BCUT2D eigenvalue weighted by atomic mass is 10.1. The molecule has 3 rings (SSSR count). The van der Waals surface area contributed by atoms with Crippen molar-refractivity contribution in [3.63, 3.8) is 0 Å². The summed E-state index contributed by atoms with van der Waals surface area (Å²) in [7, 11) is -6.00. The highest BCUT2D eigenvalue weighted by Crippen LogP contribution is 2.23. The molecule has 2 aromatic carbocycles. The van der Waals surface area contributed by atoms with Gasteiger partial charge in [0.25, 0.3) is 0 Å². The van der Waals surface area contributed by atoms with Gasteiger partial charge in [0.1, 0.15) is 17.9 Å². The molecule has 1 N–H and O–H groups in total. The number of nitrogens with one attached hydrogen (secondary N) is 1. The molecule has 0 aliphatic heterocycles. The molecule has 0 atom stereocenters. The summed E-state index contributed by atoms with van der Waals surface area (Å²) in [5.74, 6) is 0.822. The normalized spacial score (nSPS) is 12.7. The van der Waals surface area contributed by atoms with Crippen LogP contribution in [0.2, 0.25) is 5.02 Å². The average Bonchev–Trinajstić information content (AvgIpc) is 2.73. The predicted molar refractivity (Wildman–Crippen MR) is 124 cm³/mol. The Labute approximate surface area is 189 Å². The molecule has 168 valence electrons. The van der Waals surface area contributed by atoms with Gasteiger partial charge in [-0.3, -0.25) is 0 Å². The molecule has 0 fully saturated rings. The first kappa shape index (κ1) is 25.2. The second-order valence-corrected chi connectivity index (χ2v) is 7.12. The quantitative estimate of drug-likeness (QED) is 0.266. The maximum absolute atomic E-state index is 9.75. The largest absolute Gasteiger partial charge is 0.673 e. The Balaban J connectivity index is 0.000000654. The van der Waals surface area contributed by atoms with Crippen molar-refractivity contribution >= 4 is 29.8 Å². The van der Waals surface area contributed by atoms with E-state index in [1.165, 1.54) is 5.57 Å². The number of allylic oxidation sites excluding steroid dienone is 4. The highest BCUT2D eigenvalue weighted by Gasteiger charge is 2.20. The van der Waals surface area contributed by atoms with Gasteiger partial charge in [0.2, 0.25) is 5.36 Å². The molecule has 0 unspecified atom stereocenters. The third-order valence-corrected chi connectivity index (χ3v) is 4.46. The number of hydrogen-bond acceptors (Lipinski definition) is 1. The average molecular weight is 464 g/mol. The molecule has 0 amide bonds. The van der Waals surface area contributed by atoms with E-state index in [-0.39, 0.29) is 0 Å². The molecular weight excluding hydrogens is 441 g/mol. The van der Waals surface area contributed by atoms with Crippen LogP contribution in [0.1, 0.15) is 13.3 Å². The molecule has 1 heterocycles. The van der Waals surface area contributed by atoms with Crippen LogP contribution in [0.25, 0.3) is 22.3 Å². The number of halogens is 5. The molecule has 0 radical (unpaired) electrons. The maximum atomic E-state index is 9.75. The summed E-state index contributed by atoms with van der Waals surface area (Å²) < 4.78 is 45.1. The molecular formula is C24H23BClF4NO. The third kappa shape index (κ3) is 8.59. The van der Waals surface area contributed by atoms with E-state index in [4.69, 9.17) is 16.0 Å². The van der Waals surface area contributed by atoms with Crippen molar-refractivity contribution in [2.75, 3.05) is 6.54 Å². The second-order valence-electron chi connectivity index (χ2n) is 6.68. The Hall–Kier alpha value is -3.06. The summed E-state index contributed by atoms with van der Waals surface area (Å²) in [4.78, 5) is 3.54. The van der Waals surface area contributed by atoms with E-state index in [1.807, 2.05) is 79.7 Å². The van der Waals surface area contributed by atoms with E-state index in [0.29, 0.717) is 5.02 Å². The first-order valence-electron chi connectivity index (χ1n) is 9.88. The Morgan fingerprint density at radius 1 is 1.09 bits per heavy atom. The molecule has 0 bridgehead atoms. The fraction of sp³-hybridized carbons (Fsp3) is 0.125. The van der Waals surface area contributed by atoms with Gasteiger partial charge in [0, 0.05) is 17.0 Å². The van der Waals surface area contributed by atoms with Crippen molar-refractivity contribution in [3.05, 3.63) is 101 Å². The fourth-order valence-electron chi connectivity index (χ4n) is 2.98. The Bertz CT molecular complexity index is 1160. The number of hydrogen-bond donors (Lipinski definition) is 1. The SMILES string of the molecule is C=C/C=C(\C=C/C)CC[NH+]=c1cc(-c2ccccc2)oc2ccc(Cl)cc12.F[B-](F)(F)F. The first-order valence-corrected chi connectivity index (χ1v) is 10.3. The minimum atomic E-state index is -6.00. The fourth-order valence-corrected chi connectivity index (χ4v) is 3.15. The zero-order valence-corrected chi connectivity index (χ0v) is 18.3. The molecule has 0 saturated carbocycles. The van der Waals surface area contributed by atoms with Gasteiger partial charge < -0.3 is 21.7 Å². The van der Waals surface area contributed by atoms with Crippen molar-refractivity contribution in [1.29, 1.82) is 0 Å². The van der Waals surface area contributed by atoms with Crippen LogP contribution in [0.5, 0.6) is 0 Å². The molecule has 1 aromatic heterocycles. The Kier molecular flexibility index (Phi) is 9.53. The lowest BCUT2D eigenvalue weighted by Gasteiger charge is -2.03. The standard InChI is InChI=1S/C24H22ClNO.BF4/c1-3-8-18(9-4-2)14-15-26-22-17-24(19-10-6-5-7-11-19)27-23-13-12-20(25)16-21(22)23;2-1(3,4)5/h3-13,16-17H,1,14-15H2,2H3;/q;-1/p+1/b9-4-,18-8+,26-22?;. The predicted octanol–water partition coefficient (Wildman–Crippen LogP) is 6.11. The van der Waals surface area contributed by atoms with E-state index in [9.17, 15) is 17.3 Å². The van der Waals surface area contributed by atoms with Crippen LogP contribution >= 0.6 is 11.6 Å². The van der Waals surface area contributed by atoms with E-state index in [1.54, 1.807) is 0 Å². The van der Waals surface area contributed by atoms with Crippen LogP contribution in [0.15, 0.2) is 95.5 Å². The minimum Gasteiger partial charge on any atom is -0.456 e. The van der Waals surface area contributed by atoms with E-state index in [2.05, 4.69) is 17.6 Å². The van der Waals surface area contributed by atoms with E-state index < -0.39 is 7.25 Å². The van der Waals surface area contributed by atoms with Crippen LogP contribution in [-0.2, 0) is 0 Å². The van der Waals surface area contributed by atoms with Gasteiger partial charge in [-0.05, 0) is 30.7 Å². The third-order valence-electron chi connectivity index (χ3n) is 4.23. The lowest BCUT2D eigenvalue weighted by molar-refractivity contribution is -0.498. The van der Waals surface area contributed by atoms with Crippen molar-refractivity contribution < 1.29 is 26.7 Å². The van der Waals surface area contributed by atoms with Gasteiger partial charge in [0.05, 0.1) is 11.5 Å². The van der Waals surface area contributed by atoms with Crippen LogP contribution in [-0.4, -0.2) is 13.8 Å². The maximum Gasteiger partial charge on any atom is 0.673 e. The molecule has 32 heavy (non-hydrogen) atoms. The van der Waals surface area contributed by atoms with Crippen LogP contribution in [0, 0.1) is 0 Å². The highest BCUT2D eigenvalue weighted by molar-refractivity contribution is 6.50. The van der Waals surface area contributed by atoms with Gasteiger partial charge in [-0.25, -0.2) is 4.99 Å². The van der Waals surface area contributed by atoms with E-state index in [0.717, 1.165) is 40.6 Å². The summed E-state index contributed by atoms with van der Waals surface area (Å²) >= 11 is 6.22. The molecule has 2 nitrogen and oxygen atoms in total. The van der Waals surface area contributed by atoms with E-state index >= 15 is 0 Å². The summed E-state index contributed by atoms with van der Waals surface area (Å²) in [6.07, 6.45) is 8.89. The molecule has 0 aliphatic rings. The molecule has 0 saturated heterocycles. The highest BCUT2D eigenvalue weighted by atomic mass is 35.5. The number of fused-ring (bicyclic) bond motifs is 1. The van der Waals surface area contributed by atoms with Crippen molar-refractivity contribution in [1.82, 2.24) is 0 Å². The molecule has 0 spiro atoms. The smallest absolute Gasteiger partial charge is 0.456 e. The zero-order valence-electron chi connectivity index (χ0n) is 17.5. The first-order chi connectivity index (χ1) is 15.2. The van der Waals surface area contributed by atoms with Gasteiger partial charge >= 0.3 is 7.25 Å².